The van der Waals surface area contributed by atoms with E-state index in [-0.39, 0.29) is 0 Å². The molecule has 0 amide bonds. The van der Waals surface area contributed by atoms with E-state index in [1.54, 1.807) is 7.11 Å². The molecule has 0 radical (unpaired) electrons. The lowest BCUT2D eigenvalue weighted by molar-refractivity contribution is 0.221. The molecular formula is C15H16N4O2. The zero-order valence-corrected chi connectivity index (χ0v) is 12.0. The molecule has 21 heavy (non-hydrogen) atoms. The molecule has 0 saturated carbocycles. The van der Waals surface area contributed by atoms with E-state index in [1.165, 1.54) is 0 Å². The fourth-order valence-electron chi connectivity index (χ4n) is 2.36. The highest BCUT2D eigenvalue weighted by Crippen LogP contribution is 2.28. The van der Waals surface area contributed by atoms with Crippen molar-refractivity contribution in [1.29, 1.82) is 5.26 Å². The van der Waals surface area contributed by atoms with Gasteiger partial charge >= 0.3 is 0 Å². The Bertz CT molecular complexity index is 698. The lowest BCUT2D eigenvalue weighted by Gasteiger charge is -2.34. The summed E-state index contributed by atoms with van der Waals surface area (Å²) in [5.41, 5.74) is 1.48. The van der Waals surface area contributed by atoms with Gasteiger partial charge in [-0.2, -0.15) is 10.2 Å². The molecule has 0 atom stereocenters. The zero-order valence-electron chi connectivity index (χ0n) is 12.0. The maximum atomic E-state index is 9.22. The highest BCUT2D eigenvalue weighted by molar-refractivity contribution is 5.58. The molecule has 0 aliphatic carbocycles. The molecule has 1 N–H and O–H groups in total. The molecule has 0 bridgehead atoms. The van der Waals surface area contributed by atoms with Crippen molar-refractivity contribution in [3.05, 3.63) is 29.7 Å². The average molecular weight is 284 g/mol. The lowest BCUT2D eigenvalue weighted by atomic mass is 9.80. The minimum absolute atomic E-state index is 0.408. The molecule has 2 aromatic rings. The molecule has 1 aromatic heterocycles. The van der Waals surface area contributed by atoms with Gasteiger partial charge in [0.2, 0.25) is 11.7 Å². The molecule has 0 spiro atoms. The number of methoxy groups -OCH3 is 1. The van der Waals surface area contributed by atoms with Crippen molar-refractivity contribution in [2.75, 3.05) is 20.2 Å². The summed E-state index contributed by atoms with van der Waals surface area (Å²) in [6.45, 7) is 3.31. The summed E-state index contributed by atoms with van der Waals surface area (Å²) in [7, 11) is 1.63. The third-order valence-corrected chi connectivity index (χ3v) is 3.79. The second-order valence-corrected chi connectivity index (χ2v) is 5.37. The summed E-state index contributed by atoms with van der Waals surface area (Å²) in [5.74, 6) is 1.80. The van der Waals surface area contributed by atoms with E-state index in [2.05, 4.69) is 21.5 Å². The Kier molecular flexibility index (Phi) is 3.35. The fourth-order valence-corrected chi connectivity index (χ4v) is 2.36. The summed E-state index contributed by atoms with van der Waals surface area (Å²) in [4.78, 5) is 4.39. The summed E-state index contributed by atoms with van der Waals surface area (Å²) in [6.07, 6.45) is 0.479. The Morgan fingerprint density at radius 2 is 2.29 bits per heavy atom. The molecule has 2 heterocycles. The molecule has 108 valence electrons. The Morgan fingerprint density at radius 3 is 2.90 bits per heavy atom. The van der Waals surface area contributed by atoms with Crippen LogP contribution in [-0.2, 0) is 6.42 Å². The molecule has 0 unspecified atom stereocenters. The topological polar surface area (TPSA) is 84.0 Å². The Balaban J connectivity index is 1.83. The monoisotopic (exact) mass is 284 g/mol. The Hall–Kier alpha value is -2.39. The number of nitriles is 1. The number of hydrogen-bond donors (Lipinski definition) is 1. The molecule has 1 aliphatic rings. The van der Waals surface area contributed by atoms with Gasteiger partial charge in [-0.25, -0.2) is 0 Å². The van der Waals surface area contributed by atoms with Crippen LogP contribution in [0.5, 0.6) is 5.75 Å². The van der Waals surface area contributed by atoms with Crippen molar-refractivity contribution in [3.8, 4) is 23.2 Å². The molecule has 1 fully saturated rings. The van der Waals surface area contributed by atoms with E-state index < -0.39 is 5.41 Å². The van der Waals surface area contributed by atoms with Gasteiger partial charge in [0.1, 0.15) is 5.75 Å². The van der Waals surface area contributed by atoms with Crippen molar-refractivity contribution in [1.82, 2.24) is 15.5 Å². The average Bonchev–Trinajstić information content (AvgIpc) is 2.92. The molecule has 1 saturated heterocycles. The second kappa shape index (κ2) is 5.19. The van der Waals surface area contributed by atoms with Crippen LogP contribution in [0.1, 0.15) is 11.5 Å². The highest BCUT2D eigenvalue weighted by Gasteiger charge is 2.39. The van der Waals surface area contributed by atoms with Gasteiger partial charge in [-0.1, -0.05) is 17.3 Å². The van der Waals surface area contributed by atoms with Crippen molar-refractivity contribution in [2.45, 2.75) is 13.3 Å². The maximum Gasteiger partial charge on any atom is 0.228 e. The van der Waals surface area contributed by atoms with Crippen LogP contribution < -0.4 is 10.1 Å². The van der Waals surface area contributed by atoms with Gasteiger partial charge in [-0.05, 0) is 18.6 Å². The second-order valence-electron chi connectivity index (χ2n) is 5.37. The van der Waals surface area contributed by atoms with Gasteiger partial charge in [0.25, 0.3) is 0 Å². The van der Waals surface area contributed by atoms with E-state index in [0.29, 0.717) is 31.2 Å². The van der Waals surface area contributed by atoms with Gasteiger partial charge in [0, 0.05) is 25.1 Å². The lowest BCUT2D eigenvalue weighted by Crippen LogP contribution is -2.53. The molecule has 6 nitrogen and oxygen atoms in total. The molecule has 6 heteroatoms. The third-order valence-electron chi connectivity index (χ3n) is 3.79. The number of nitrogens with zero attached hydrogens (tertiary/aromatic N) is 3. The van der Waals surface area contributed by atoms with Crippen molar-refractivity contribution < 1.29 is 9.26 Å². The zero-order chi connectivity index (χ0) is 14.9. The van der Waals surface area contributed by atoms with Crippen LogP contribution in [0.25, 0.3) is 11.4 Å². The summed E-state index contributed by atoms with van der Waals surface area (Å²) in [6, 6.07) is 8.09. The van der Waals surface area contributed by atoms with E-state index in [9.17, 15) is 5.26 Å². The van der Waals surface area contributed by atoms with Crippen LogP contribution in [0.4, 0.5) is 0 Å². The minimum Gasteiger partial charge on any atom is -0.496 e. The normalized spacial score (nSPS) is 16.0. The Morgan fingerprint density at radius 1 is 1.48 bits per heavy atom. The number of benzene rings is 1. The van der Waals surface area contributed by atoms with Gasteiger partial charge in [-0.15, -0.1) is 0 Å². The predicted molar refractivity (Wildman–Crippen MR) is 75.6 cm³/mol. The van der Waals surface area contributed by atoms with E-state index >= 15 is 0 Å². The highest BCUT2D eigenvalue weighted by atomic mass is 16.5. The SMILES string of the molecule is COc1cc(-c2noc(CC3(C#N)CNC3)n2)ccc1C. The predicted octanol–water partition coefficient (Wildman–Crippen LogP) is 1.71. The fraction of sp³-hybridized carbons (Fsp3) is 0.400. The first-order valence-electron chi connectivity index (χ1n) is 6.75. The van der Waals surface area contributed by atoms with Gasteiger partial charge in [-0.3, -0.25) is 0 Å². The number of aryl methyl sites for hydroxylation is 1. The first-order valence-corrected chi connectivity index (χ1v) is 6.75. The summed E-state index contributed by atoms with van der Waals surface area (Å²) in [5, 5.41) is 16.3. The van der Waals surface area contributed by atoms with Gasteiger partial charge < -0.3 is 14.6 Å². The minimum atomic E-state index is -0.408. The first-order chi connectivity index (χ1) is 10.2. The van der Waals surface area contributed by atoms with Gasteiger partial charge in [0.15, 0.2) is 0 Å². The van der Waals surface area contributed by atoms with E-state index in [0.717, 1.165) is 16.9 Å². The van der Waals surface area contributed by atoms with E-state index in [1.807, 2.05) is 25.1 Å². The number of nitrogens with one attached hydrogen (secondary N) is 1. The van der Waals surface area contributed by atoms with Crippen LogP contribution in [0.15, 0.2) is 22.7 Å². The maximum absolute atomic E-state index is 9.22. The number of rotatable bonds is 4. The third kappa shape index (κ3) is 2.48. The van der Waals surface area contributed by atoms with Crippen LogP contribution in [0.3, 0.4) is 0 Å². The first kappa shape index (κ1) is 13.6. The van der Waals surface area contributed by atoms with Crippen LogP contribution >= 0.6 is 0 Å². The molecule has 1 aromatic carbocycles. The smallest absolute Gasteiger partial charge is 0.228 e. The number of hydrogen-bond acceptors (Lipinski definition) is 6. The van der Waals surface area contributed by atoms with Crippen molar-refractivity contribution >= 4 is 0 Å². The van der Waals surface area contributed by atoms with Crippen LogP contribution in [0, 0.1) is 23.7 Å². The number of aromatic nitrogens is 2. The molecule has 3 rings (SSSR count). The number of ether oxygens (including phenoxy) is 1. The summed E-state index contributed by atoms with van der Waals surface area (Å²) < 4.78 is 10.6. The van der Waals surface area contributed by atoms with Crippen LogP contribution in [-0.4, -0.2) is 30.3 Å². The Labute approximate surface area is 122 Å². The van der Waals surface area contributed by atoms with Gasteiger partial charge in [0.05, 0.1) is 18.6 Å². The molecule has 1 aliphatic heterocycles. The standard InChI is InChI=1S/C15H16N4O2/c1-10-3-4-11(5-12(10)20-2)14-18-13(21-19-14)6-15(7-16)8-17-9-15/h3-5,17H,6,8-9H2,1-2H3. The van der Waals surface area contributed by atoms with Crippen molar-refractivity contribution in [2.24, 2.45) is 5.41 Å². The van der Waals surface area contributed by atoms with E-state index in [4.69, 9.17) is 9.26 Å². The largest absolute Gasteiger partial charge is 0.496 e. The van der Waals surface area contributed by atoms with Crippen molar-refractivity contribution in [3.63, 3.8) is 0 Å². The van der Waals surface area contributed by atoms with Crippen LogP contribution in [0.2, 0.25) is 0 Å². The quantitative estimate of drug-likeness (QED) is 0.920. The molecular weight excluding hydrogens is 268 g/mol. The summed E-state index contributed by atoms with van der Waals surface area (Å²) >= 11 is 0.